The second kappa shape index (κ2) is 7.64. The molecule has 0 aliphatic carbocycles. The van der Waals surface area contributed by atoms with E-state index in [1.807, 2.05) is 44.2 Å². The molecule has 146 valence electrons. The van der Waals surface area contributed by atoms with Gasteiger partial charge in [-0.2, -0.15) is 5.10 Å². The van der Waals surface area contributed by atoms with Crippen molar-refractivity contribution in [2.24, 2.45) is 5.10 Å². The molecule has 0 aliphatic rings. The first kappa shape index (κ1) is 19.1. The molecule has 4 rings (SSSR count). The first-order chi connectivity index (χ1) is 14.0. The number of halogens is 1. The number of aromatic nitrogens is 3. The van der Waals surface area contributed by atoms with Crippen LogP contribution in [-0.2, 0) is 6.54 Å². The predicted molar refractivity (Wildman–Crippen MR) is 117 cm³/mol. The summed E-state index contributed by atoms with van der Waals surface area (Å²) in [5, 5.41) is 5.36. The van der Waals surface area contributed by atoms with E-state index in [-0.39, 0.29) is 5.91 Å². The van der Waals surface area contributed by atoms with Gasteiger partial charge in [0.2, 0.25) is 0 Å². The molecule has 0 fully saturated rings. The van der Waals surface area contributed by atoms with Crippen LogP contribution in [0.5, 0.6) is 0 Å². The lowest BCUT2D eigenvalue weighted by Gasteiger charge is -2.05. The summed E-state index contributed by atoms with van der Waals surface area (Å²) >= 11 is 6.28. The molecule has 0 aliphatic heterocycles. The Bertz CT molecular complexity index is 1280. The number of hydrogen-bond donors (Lipinski definition) is 1. The highest BCUT2D eigenvalue weighted by atomic mass is 35.5. The van der Waals surface area contributed by atoms with Gasteiger partial charge in [-0.1, -0.05) is 29.8 Å². The van der Waals surface area contributed by atoms with E-state index in [2.05, 4.69) is 32.0 Å². The van der Waals surface area contributed by atoms with Crippen LogP contribution in [0.3, 0.4) is 0 Å². The minimum Gasteiger partial charge on any atom is -0.329 e. The molecular weight excluding hydrogens is 386 g/mol. The van der Waals surface area contributed by atoms with Crippen LogP contribution < -0.4 is 5.43 Å². The number of imidazole rings is 1. The number of carbonyl (C=O) groups is 1. The SMILES string of the molecule is CCn1c(C)nc2cc(C(=O)N/N=C\c3cc4cccc(C)c4nc3Cl)ccc21. The lowest BCUT2D eigenvalue weighted by Crippen LogP contribution is -2.17. The van der Waals surface area contributed by atoms with Crippen molar-refractivity contribution in [1.29, 1.82) is 0 Å². The first-order valence-corrected chi connectivity index (χ1v) is 9.72. The molecule has 2 aromatic carbocycles. The standard InChI is InChI=1S/C22H20ClN5O/c1-4-28-14(3)25-18-11-16(8-9-19(18)28)22(29)27-24-12-17-10-15-7-5-6-13(2)20(15)26-21(17)23/h5-12H,4H2,1-3H3,(H,27,29)/b24-12-. The molecule has 4 aromatic rings. The zero-order valence-electron chi connectivity index (χ0n) is 16.4. The van der Waals surface area contributed by atoms with Gasteiger partial charge >= 0.3 is 0 Å². The Morgan fingerprint density at radius 2 is 2.03 bits per heavy atom. The number of nitrogens with zero attached hydrogens (tertiary/aromatic N) is 4. The summed E-state index contributed by atoms with van der Waals surface area (Å²) in [6.07, 6.45) is 1.50. The van der Waals surface area contributed by atoms with Crippen molar-refractivity contribution in [3.63, 3.8) is 0 Å². The molecule has 0 saturated heterocycles. The molecule has 2 heterocycles. The highest BCUT2D eigenvalue weighted by molar-refractivity contribution is 6.32. The number of fused-ring (bicyclic) bond motifs is 2. The van der Waals surface area contributed by atoms with Crippen molar-refractivity contribution in [1.82, 2.24) is 20.0 Å². The van der Waals surface area contributed by atoms with Crippen molar-refractivity contribution in [3.05, 3.63) is 70.1 Å². The Hall–Kier alpha value is -3.25. The van der Waals surface area contributed by atoms with Crippen LogP contribution in [0.25, 0.3) is 21.9 Å². The number of hydrogen-bond acceptors (Lipinski definition) is 4. The van der Waals surface area contributed by atoms with Gasteiger partial charge in [0.15, 0.2) is 0 Å². The molecule has 0 radical (unpaired) electrons. The number of carbonyl (C=O) groups excluding carboxylic acids is 1. The maximum absolute atomic E-state index is 12.5. The lowest BCUT2D eigenvalue weighted by atomic mass is 10.1. The average Bonchev–Trinajstić information content (AvgIpc) is 3.03. The molecule has 0 saturated carbocycles. The monoisotopic (exact) mass is 405 g/mol. The van der Waals surface area contributed by atoms with Crippen LogP contribution in [0.15, 0.2) is 47.6 Å². The van der Waals surface area contributed by atoms with Crippen molar-refractivity contribution in [2.75, 3.05) is 0 Å². The third kappa shape index (κ3) is 3.59. The number of amides is 1. The molecule has 0 unspecified atom stereocenters. The minimum atomic E-state index is -0.312. The van der Waals surface area contributed by atoms with Gasteiger partial charge in [-0.15, -0.1) is 0 Å². The third-order valence-corrected chi connectivity index (χ3v) is 5.22. The van der Waals surface area contributed by atoms with Crippen molar-refractivity contribution in [2.45, 2.75) is 27.3 Å². The Kier molecular flexibility index (Phi) is 5.03. The number of nitrogens with one attached hydrogen (secondary N) is 1. The largest absolute Gasteiger partial charge is 0.329 e. The fraction of sp³-hybridized carbons (Fsp3) is 0.182. The fourth-order valence-corrected chi connectivity index (χ4v) is 3.63. The van der Waals surface area contributed by atoms with E-state index in [4.69, 9.17) is 11.6 Å². The molecule has 2 aromatic heterocycles. The summed E-state index contributed by atoms with van der Waals surface area (Å²) in [5.74, 6) is 0.610. The third-order valence-electron chi connectivity index (χ3n) is 4.92. The molecule has 1 N–H and O–H groups in total. The Morgan fingerprint density at radius 1 is 1.21 bits per heavy atom. The zero-order valence-corrected chi connectivity index (χ0v) is 17.2. The number of pyridine rings is 1. The van der Waals surface area contributed by atoms with Gasteiger partial charge in [0.05, 0.1) is 22.8 Å². The molecule has 29 heavy (non-hydrogen) atoms. The maximum Gasteiger partial charge on any atom is 0.271 e. The highest BCUT2D eigenvalue weighted by Crippen LogP contribution is 2.22. The summed E-state index contributed by atoms with van der Waals surface area (Å²) < 4.78 is 2.10. The van der Waals surface area contributed by atoms with Crippen molar-refractivity contribution < 1.29 is 4.79 Å². The predicted octanol–water partition coefficient (Wildman–Crippen LogP) is 4.64. The number of benzene rings is 2. The Labute approximate surface area is 173 Å². The van der Waals surface area contributed by atoms with Crippen LogP contribution >= 0.6 is 11.6 Å². The maximum atomic E-state index is 12.5. The minimum absolute atomic E-state index is 0.312. The van der Waals surface area contributed by atoms with E-state index in [0.29, 0.717) is 16.3 Å². The quantitative estimate of drug-likeness (QED) is 0.305. The van der Waals surface area contributed by atoms with Crippen LogP contribution in [0.2, 0.25) is 5.15 Å². The van der Waals surface area contributed by atoms with E-state index in [1.54, 1.807) is 12.1 Å². The fourth-order valence-electron chi connectivity index (χ4n) is 3.45. The van der Waals surface area contributed by atoms with Gasteiger partial charge in [-0.3, -0.25) is 4.79 Å². The van der Waals surface area contributed by atoms with Gasteiger partial charge < -0.3 is 4.57 Å². The number of hydrazone groups is 1. The second-order valence-electron chi connectivity index (χ2n) is 6.82. The van der Waals surface area contributed by atoms with Crippen LogP contribution in [0.1, 0.15) is 34.2 Å². The molecule has 1 amide bonds. The van der Waals surface area contributed by atoms with E-state index in [1.165, 1.54) is 6.21 Å². The van der Waals surface area contributed by atoms with Crippen LogP contribution in [-0.4, -0.2) is 26.7 Å². The molecular formula is C22H20ClN5O. The molecule has 0 bridgehead atoms. The van der Waals surface area contributed by atoms with E-state index in [0.717, 1.165) is 39.9 Å². The Balaban J connectivity index is 1.55. The lowest BCUT2D eigenvalue weighted by molar-refractivity contribution is 0.0955. The summed E-state index contributed by atoms with van der Waals surface area (Å²) in [6, 6.07) is 13.3. The van der Waals surface area contributed by atoms with Gasteiger partial charge in [0, 0.05) is 23.1 Å². The topological polar surface area (TPSA) is 72.2 Å². The second-order valence-corrected chi connectivity index (χ2v) is 7.18. The molecule has 6 nitrogen and oxygen atoms in total. The van der Waals surface area contributed by atoms with Gasteiger partial charge in [-0.25, -0.2) is 15.4 Å². The van der Waals surface area contributed by atoms with Gasteiger partial charge in [0.25, 0.3) is 5.91 Å². The van der Waals surface area contributed by atoms with Crippen molar-refractivity contribution >= 4 is 45.7 Å². The molecule has 0 atom stereocenters. The number of para-hydroxylation sites is 1. The van der Waals surface area contributed by atoms with Crippen molar-refractivity contribution in [3.8, 4) is 0 Å². The number of aryl methyl sites for hydroxylation is 3. The van der Waals surface area contributed by atoms with E-state index < -0.39 is 0 Å². The molecule has 0 spiro atoms. The summed E-state index contributed by atoms with van der Waals surface area (Å²) in [4.78, 5) is 21.4. The van der Waals surface area contributed by atoms with Crippen LogP contribution in [0, 0.1) is 13.8 Å². The van der Waals surface area contributed by atoms with Gasteiger partial charge in [-0.05, 0) is 50.6 Å². The van der Waals surface area contributed by atoms with Gasteiger partial charge in [0.1, 0.15) is 11.0 Å². The molecule has 7 heteroatoms. The summed E-state index contributed by atoms with van der Waals surface area (Å²) in [6.45, 7) is 6.84. The number of rotatable bonds is 4. The van der Waals surface area contributed by atoms with E-state index in [9.17, 15) is 4.79 Å². The van der Waals surface area contributed by atoms with Crippen LogP contribution in [0.4, 0.5) is 0 Å². The zero-order chi connectivity index (χ0) is 20.5. The normalized spacial score (nSPS) is 11.6. The summed E-state index contributed by atoms with van der Waals surface area (Å²) in [7, 11) is 0. The average molecular weight is 406 g/mol. The highest BCUT2D eigenvalue weighted by Gasteiger charge is 2.11. The smallest absolute Gasteiger partial charge is 0.271 e. The summed E-state index contributed by atoms with van der Waals surface area (Å²) in [5.41, 5.74) is 7.38. The first-order valence-electron chi connectivity index (χ1n) is 9.34. The van der Waals surface area contributed by atoms with E-state index >= 15 is 0 Å². The Morgan fingerprint density at radius 3 is 2.83 bits per heavy atom.